The van der Waals surface area contributed by atoms with Crippen LogP contribution in [0, 0.1) is 0 Å². The highest BCUT2D eigenvalue weighted by Gasteiger charge is 2.04. The molecule has 4 N–H and O–H groups in total. The van der Waals surface area contributed by atoms with Crippen LogP contribution in [-0.4, -0.2) is 44.3 Å². The lowest BCUT2D eigenvalue weighted by atomic mass is 10.4. The first-order valence-electron chi connectivity index (χ1n) is 4.13. The first kappa shape index (κ1) is 19.5. The van der Waals surface area contributed by atoms with E-state index in [1.165, 1.54) is 12.8 Å². The van der Waals surface area contributed by atoms with E-state index in [4.69, 9.17) is 39.6 Å². The molecule has 0 unspecified atom stereocenters. The minimum Gasteiger partial charge on any atom is -0.473 e. The molecule has 0 aliphatic carbocycles. The molecule has 0 amide bonds. The minimum absolute atomic E-state index is 1.32. The first-order valence-corrected chi connectivity index (χ1v) is 4.13. The number of carbonyl (C=O) groups is 4. The van der Waals surface area contributed by atoms with Gasteiger partial charge in [0.05, 0.1) is 0 Å². The quantitative estimate of drug-likeness (QED) is 0.470. The van der Waals surface area contributed by atoms with Crippen LogP contribution in [0.3, 0.4) is 0 Å². The molecule has 0 aromatic carbocycles. The Hall–Kier alpha value is -2.12. The average Bonchev–Trinajstić information content (AvgIpc) is 2.18. The zero-order chi connectivity index (χ0) is 13.7. The lowest BCUT2D eigenvalue weighted by Crippen LogP contribution is -2.09. The smallest absolute Gasteiger partial charge is 0.414 e. The van der Waals surface area contributed by atoms with Gasteiger partial charge in [0.25, 0.3) is 0 Å². The topological polar surface area (TPSA) is 149 Å². The molecule has 0 atom stereocenters. The van der Waals surface area contributed by atoms with Crippen molar-refractivity contribution in [2.24, 2.45) is 0 Å². The van der Waals surface area contributed by atoms with Crippen LogP contribution in [0.2, 0.25) is 0 Å². The van der Waals surface area contributed by atoms with Gasteiger partial charge in [-0.1, -0.05) is 26.7 Å². The molecule has 0 saturated carbocycles. The molecule has 0 aliphatic heterocycles. The summed E-state index contributed by atoms with van der Waals surface area (Å²) in [6.45, 7) is 4.36. The predicted octanol–water partition coefficient (Wildman–Crippen LogP) is 0.118. The Bertz CT molecular complexity index is 194. The van der Waals surface area contributed by atoms with Gasteiger partial charge in [0.2, 0.25) is 0 Å². The van der Waals surface area contributed by atoms with Crippen LogP contribution in [0.25, 0.3) is 0 Å². The number of carboxylic acids is 4. The molecule has 0 rings (SSSR count). The van der Waals surface area contributed by atoms with Crippen molar-refractivity contribution in [2.75, 3.05) is 0 Å². The molecule has 0 heterocycles. The van der Waals surface area contributed by atoms with Crippen molar-refractivity contribution in [3.63, 3.8) is 0 Å². The van der Waals surface area contributed by atoms with E-state index in [9.17, 15) is 0 Å². The van der Waals surface area contributed by atoms with Crippen molar-refractivity contribution in [1.29, 1.82) is 0 Å². The van der Waals surface area contributed by atoms with E-state index in [1.54, 1.807) is 0 Å². The van der Waals surface area contributed by atoms with Gasteiger partial charge < -0.3 is 20.4 Å². The molecule has 0 saturated heterocycles. The maximum Gasteiger partial charge on any atom is 0.414 e. The zero-order valence-electron chi connectivity index (χ0n) is 8.84. The molecule has 0 aromatic rings. The maximum atomic E-state index is 9.10. The van der Waals surface area contributed by atoms with Crippen LogP contribution < -0.4 is 0 Å². The molecule has 94 valence electrons. The van der Waals surface area contributed by atoms with E-state index in [0.29, 0.717) is 0 Å². The molecule has 0 spiro atoms. The molecule has 0 aromatic heterocycles. The average molecular weight is 238 g/mol. The van der Waals surface area contributed by atoms with Crippen molar-refractivity contribution >= 4 is 23.9 Å². The molecule has 0 fully saturated rings. The normalized spacial score (nSPS) is 7.38. The molecule has 0 aliphatic rings. The van der Waals surface area contributed by atoms with Crippen LogP contribution in [0.1, 0.15) is 26.7 Å². The molecule has 0 radical (unpaired) electrons. The number of carboxylic acid groups (broad SMARTS) is 4. The fourth-order valence-electron chi connectivity index (χ4n) is 0. The summed E-state index contributed by atoms with van der Waals surface area (Å²) in [5.74, 6) is -7.30. The van der Waals surface area contributed by atoms with E-state index in [0.717, 1.165) is 0 Å². The van der Waals surface area contributed by atoms with Crippen molar-refractivity contribution in [3.8, 4) is 0 Å². The van der Waals surface area contributed by atoms with Gasteiger partial charge in [-0.05, 0) is 0 Å². The standard InChI is InChI=1S/C4H10.2C2H2O4/c1-3-4-2;2*3-1(4)2(5)6/h3-4H2,1-2H3;2*(H,3,4)(H,5,6). The van der Waals surface area contributed by atoms with Crippen molar-refractivity contribution in [2.45, 2.75) is 26.7 Å². The lowest BCUT2D eigenvalue weighted by molar-refractivity contribution is -0.159. The molecule has 0 bridgehead atoms. The second-order valence-electron chi connectivity index (χ2n) is 2.22. The van der Waals surface area contributed by atoms with Crippen LogP contribution in [0.15, 0.2) is 0 Å². The van der Waals surface area contributed by atoms with Crippen molar-refractivity contribution in [1.82, 2.24) is 0 Å². The Balaban J connectivity index is -0.000000162. The summed E-state index contributed by atoms with van der Waals surface area (Å²) >= 11 is 0. The highest BCUT2D eigenvalue weighted by molar-refractivity contribution is 6.27. The van der Waals surface area contributed by atoms with Gasteiger partial charge in [-0.2, -0.15) is 0 Å². The van der Waals surface area contributed by atoms with E-state index >= 15 is 0 Å². The summed E-state index contributed by atoms with van der Waals surface area (Å²) in [5, 5.41) is 29.6. The second kappa shape index (κ2) is 12.9. The fourth-order valence-corrected chi connectivity index (χ4v) is 0. The Morgan fingerprint density at radius 1 is 0.625 bits per heavy atom. The SMILES string of the molecule is CCCC.O=C(O)C(=O)O.O=C(O)C(=O)O. The summed E-state index contributed by atoms with van der Waals surface area (Å²) in [4.78, 5) is 36.4. The number of unbranched alkanes of at least 4 members (excludes halogenated alkanes) is 1. The molecule has 16 heavy (non-hydrogen) atoms. The number of hydrogen-bond acceptors (Lipinski definition) is 4. The first-order chi connectivity index (χ1) is 7.20. The molecule has 8 heteroatoms. The van der Waals surface area contributed by atoms with Gasteiger partial charge in [-0.15, -0.1) is 0 Å². The maximum absolute atomic E-state index is 9.10. The Morgan fingerprint density at radius 3 is 0.750 bits per heavy atom. The third-order valence-corrected chi connectivity index (χ3v) is 0.866. The highest BCUT2D eigenvalue weighted by atomic mass is 16.4. The van der Waals surface area contributed by atoms with Gasteiger partial charge >= 0.3 is 23.9 Å². The summed E-state index contributed by atoms with van der Waals surface area (Å²) in [5.41, 5.74) is 0. The highest BCUT2D eigenvalue weighted by Crippen LogP contribution is 1.76. The van der Waals surface area contributed by atoms with Crippen LogP contribution in [0.4, 0.5) is 0 Å². The van der Waals surface area contributed by atoms with E-state index in [-0.39, 0.29) is 0 Å². The minimum atomic E-state index is -1.82. The summed E-state index contributed by atoms with van der Waals surface area (Å²) in [7, 11) is 0. The van der Waals surface area contributed by atoms with Crippen LogP contribution in [-0.2, 0) is 19.2 Å². The molecular formula is C8H14O8. The van der Waals surface area contributed by atoms with Crippen molar-refractivity contribution < 1.29 is 39.6 Å². The second-order valence-corrected chi connectivity index (χ2v) is 2.22. The Labute approximate surface area is 91.1 Å². The summed E-state index contributed by atoms with van der Waals surface area (Å²) in [6.07, 6.45) is 2.64. The number of rotatable bonds is 1. The van der Waals surface area contributed by atoms with E-state index in [1.807, 2.05) is 0 Å². The van der Waals surface area contributed by atoms with E-state index < -0.39 is 23.9 Å². The van der Waals surface area contributed by atoms with Gasteiger partial charge in [-0.25, -0.2) is 19.2 Å². The molecular weight excluding hydrogens is 224 g/mol. The fraction of sp³-hybridized carbons (Fsp3) is 0.500. The zero-order valence-corrected chi connectivity index (χ0v) is 8.84. The third-order valence-electron chi connectivity index (χ3n) is 0.866. The number of hydrogen-bond donors (Lipinski definition) is 4. The largest absolute Gasteiger partial charge is 0.473 e. The van der Waals surface area contributed by atoms with Gasteiger partial charge in [0, 0.05) is 0 Å². The van der Waals surface area contributed by atoms with Crippen LogP contribution >= 0.6 is 0 Å². The summed E-state index contributed by atoms with van der Waals surface area (Å²) in [6, 6.07) is 0. The van der Waals surface area contributed by atoms with Gasteiger partial charge in [0.15, 0.2) is 0 Å². The summed E-state index contributed by atoms with van der Waals surface area (Å²) < 4.78 is 0. The van der Waals surface area contributed by atoms with Crippen molar-refractivity contribution in [3.05, 3.63) is 0 Å². The Kier molecular flexibility index (Phi) is 15.7. The third kappa shape index (κ3) is 29.7. The Morgan fingerprint density at radius 2 is 0.750 bits per heavy atom. The molecule has 8 nitrogen and oxygen atoms in total. The lowest BCUT2D eigenvalue weighted by Gasteiger charge is -1.72. The monoisotopic (exact) mass is 238 g/mol. The predicted molar refractivity (Wildman–Crippen MR) is 51.1 cm³/mol. The van der Waals surface area contributed by atoms with Crippen LogP contribution in [0.5, 0.6) is 0 Å². The van der Waals surface area contributed by atoms with Gasteiger partial charge in [-0.3, -0.25) is 0 Å². The van der Waals surface area contributed by atoms with E-state index in [2.05, 4.69) is 13.8 Å². The van der Waals surface area contributed by atoms with Gasteiger partial charge in [0.1, 0.15) is 0 Å². The number of aliphatic carboxylic acids is 4.